The van der Waals surface area contributed by atoms with E-state index >= 15 is 0 Å². The summed E-state index contributed by atoms with van der Waals surface area (Å²) in [4.78, 5) is 23.2. The van der Waals surface area contributed by atoms with Gasteiger partial charge in [-0.2, -0.15) is 0 Å². The van der Waals surface area contributed by atoms with E-state index in [1.807, 2.05) is 37.3 Å². The van der Waals surface area contributed by atoms with Crippen LogP contribution in [0.5, 0.6) is 0 Å². The van der Waals surface area contributed by atoms with Gasteiger partial charge < -0.3 is 16.0 Å². The molecule has 0 bridgehead atoms. The van der Waals surface area contributed by atoms with E-state index in [1.54, 1.807) is 0 Å². The van der Waals surface area contributed by atoms with Crippen molar-refractivity contribution < 1.29 is 18.4 Å². The molecule has 3 N–H and O–H groups in total. The maximum Gasteiger partial charge on any atom is 0.239 e. The fourth-order valence-corrected chi connectivity index (χ4v) is 2.28. The molecule has 0 fully saturated rings. The Morgan fingerprint density at radius 1 is 1.04 bits per heavy atom. The average Bonchev–Trinajstić information content (AvgIpc) is 2.57. The summed E-state index contributed by atoms with van der Waals surface area (Å²) in [6.07, 6.45) is 0. The monoisotopic (exact) mass is 347 g/mol. The third kappa shape index (κ3) is 5.27. The van der Waals surface area contributed by atoms with E-state index in [4.69, 9.17) is 0 Å². The van der Waals surface area contributed by atoms with Gasteiger partial charge in [0.2, 0.25) is 11.8 Å². The summed E-state index contributed by atoms with van der Waals surface area (Å²) in [7, 11) is 0. The number of nitrogens with one attached hydrogen (secondary N) is 3. The van der Waals surface area contributed by atoms with E-state index in [0.29, 0.717) is 0 Å². The summed E-state index contributed by atoms with van der Waals surface area (Å²) in [5, 5.41) is 7.90. The third-order valence-corrected chi connectivity index (χ3v) is 3.49. The standard InChI is InChI=1S/C18H19F2N3O2/c1-11(13-6-4-3-5-7-13)22-18(25)10-21-16-8-14(19)15(20)9-17(16)23-12(2)24/h3-9,11,21H,10H2,1-2H3,(H,22,25)(H,23,24)/t11-/m0/s1. The van der Waals surface area contributed by atoms with Crippen LogP contribution in [-0.4, -0.2) is 18.4 Å². The molecule has 5 nitrogen and oxygen atoms in total. The molecule has 1 atom stereocenters. The second kappa shape index (κ2) is 8.23. The number of benzene rings is 2. The van der Waals surface area contributed by atoms with Gasteiger partial charge in [-0.05, 0) is 12.5 Å². The van der Waals surface area contributed by atoms with Crippen molar-refractivity contribution in [3.63, 3.8) is 0 Å². The Morgan fingerprint density at radius 3 is 2.24 bits per heavy atom. The van der Waals surface area contributed by atoms with Crippen LogP contribution in [0.3, 0.4) is 0 Å². The predicted octanol–water partition coefficient (Wildman–Crippen LogP) is 3.21. The van der Waals surface area contributed by atoms with Crippen molar-refractivity contribution >= 4 is 23.2 Å². The van der Waals surface area contributed by atoms with Crippen LogP contribution in [-0.2, 0) is 9.59 Å². The van der Waals surface area contributed by atoms with Crippen LogP contribution in [0.1, 0.15) is 25.5 Å². The first-order valence-corrected chi connectivity index (χ1v) is 7.71. The SMILES string of the molecule is CC(=O)Nc1cc(F)c(F)cc1NCC(=O)N[C@@H](C)c1ccccc1. The highest BCUT2D eigenvalue weighted by atomic mass is 19.2. The Labute approximate surface area is 144 Å². The van der Waals surface area contributed by atoms with Crippen molar-refractivity contribution in [3.05, 3.63) is 59.7 Å². The number of halogens is 2. The first-order valence-electron chi connectivity index (χ1n) is 7.71. The van der Waals surface area contributed by atoms with Gasteiger partial charge in [-0.1, -0.05) is 30.3 Å². The summed E-state index contributed by atoms with van der Waals surface area (Å²) in [6, 6.07) is 11.0. The van der Waals surface area contributed by atoms with Gasteiger partial charge in [0, 0.05) is 19.1 Å². The van der Waals surface area contributed by atoms with Crippen molar-refractivity contribution in [2.45, 2.75) is 19.9 Å². The van der Waals surface area contributed by atoms with E-state index in [2.05, 4.69) is 16.0 Å². The van der Waals surface area contributed by atoms with Crippen molar-refractivity contribution in [1.29, 1.82) is 0 Å². The number of hydrogen-bond acceptors (Lipinski definition) is 3. The average molecular weight is 347 g/mol. The van der Waals surface area contributed by atoms with Gasteiger partial charge in [-0.25, -0.2) is 8.78 Å². The molecule has 0 saturated carbocycles. The second-order valence-corrected chi connectivity index (χ2v) is 5.55. The van der Waals surface area contributed by atoms with Crippen LogP contribution in [0, 0.1) is 11.6 Å². The third-order valence-electron chi connectivity index (χ3n) is 3.49. The van der Waals surface area contributed by atoms with E-state index in [9.17, 15) is 18.4 Å². The van der Waals surface area contributed by atoms with Crippen LogP contribution in [0.4, 0.5) is 20.2 Å². The fourth-order valence-electron chi connectivity index (χ4n) is 2.28. The lowest BCUT2D eigenvalue weighted by Crippen LogP contribution is -2.32. The first-order chi connectivity index (χ1) is 11.9. The van der Waals surface area contributed by atoms with Gasteiger partial charge in [-0.15, -0.1) is 0 Å². The number of amides is 2. The molecule has 132 valence electrons. The Bertz CT molecular complexity index is 766. The topological polar surface area (TPSA) is 70.2 Å². The molecule has 0 radical (unpaired) electrons. The number of anilines is 2. The van der Waals surface area contributed by atoms with Crippen LogP contribution < -0.4 is 16.0 Å². The lowest BCUT2D eigenvalue weighted by molar-refractivity contribution is -0.120. The van der Waals surface area contributed by atoms with Crippen molar-refractivity contribution in [2.24, 2.45) is 0 Å². The quantitative estimate of drug-likeness (QED) is 0.751. The molecule has 7 heteroatoms. The summed E-state index contributed by atoms with van der Waals surface area (Å²) in [5.74, 6) is -2.92. The minimum absolute atomic E-state index is 0.0651. The molecule has 0 spiro atoms. The number of hydrogen-bond donors (Lipinski definition) is 3. The highest BCUT2D eigenvalue weighted by Crippen LogP contribution is 2.25. The van der Waals surface area contributed by atoms with Crippen LogP contribution in [0.2, 0.25) is 0 Å². The number of carbonyl (C=O) groups is 2. The Kier molecular flexibility index (Phi) is 6.05. The van der Waals surface area contributed by atoms with Crippen molar-refractivity contribution in [2.75, 3.05) is 17.2 Å². The minimum Gasteiger partial charge on any atom is -0.374 e. The first kappa shape index (κ1) is 18.4. The van der Waals surface area contributed by atoms with Gasteiger partial charge in [0.05, 0.1) is 24.0 Å². The zero-order valence-corrected chi connectivity index (χ0v) is 13.9. The van der Waals surface area contributed by atoms with Gasteiger partial charge in [-0.3, -0.25) is 9.59 Å². The molecule has 2 amide bonds. The molecule has 25 heavy (non-hydrogen) atoms. The molecule has 2 rings (SSSR count). The summed E-state index contributed by atoms with van der Waals surface area (Å²) in [6.45, 7) is 2.93. The van der Waals surface area contributed by atoms with Crippen molar-refractivity contribution in [1.82, 2.24) is 5.32 Å². The maximum absolute atomic E-state index is 13.4. The lowest BCUT2D eigenvalue weighted by atomic mass is 10.1. The van der Waals surface area contributed by atoms with E-state index in [1.165, 1.54) is 6.92 Å². The minimum atomic E-state index is -1.09. The molecule has 0 saturated heterocycles. The molecular weight excluding hydrogens is 328 g/mol. The number of carbonyl (C=O) groups excluding carboxylic acids is 2. The molecule has 0 aliphatic heterocycles. The normalized spacial score (nSPS) is 11.5. The molecule has 2 aromatic rings. The zero-order chi connectivity index (χ0) is 18.4. The van der Waals surface area contributed by atoms with E-state index in [0.717, 1.165) is 17.7 Å². The molecule has 0 aliphatic carbocycles. The molecule has 0 heterocycles. The van der Waals surface area contributed by atoms with Crippen LogP contribution >= 0.6 is 0 Å². The highest BCUT2D eigenvalue weighted by molar-refractivity contribution is 5.93. The highest BCUT2D eigenvalue weighted by Gasteiger charge is 2.13. The molecule has 0 unspecified atom stereocenters. The molecule has 0 aromatic heterocycles. The number of rotatable bonds is 6. The summed E-state index contributed by atoms with van der Waals surface area (Å²) >= 11 is 0. The Morgan fingerprint density at radius 2 is 1.64 bits per heavy atom. The van der Waals surface area contributed by atoms with Gasteiger partial charge in [0.25, 0.3) is 0 Å². The molecule has 0 aliphatic rings. The van der Waals surface area contributed by atoms with Gasteiger partial charge in [0.1, 0.15) is 0 Å². The molecule has 2 aromatic carbocycles. The summed E-state index contributed by atoms with van der Waals surface area (Å²) in [5.41, 5.74) is 1.13. The summed E-state index contributed by atoms with van der Waals surface area (Å²) < 4.78 is 26.8. The lowest BCUT2D eigenvalue weighted by Gasteiger charge is -2.16. The maximum atomic E-state index is 13.4. The molecular formula is C18H19F2N3O2. The zero-order valence-electron chi connectivity index (χ0n) is 13.9. The van der Waals surface area contributed by atoms with E-state index in [-0.39, 0.29) is 29.9 Å². The fraction of sp³-hybridized carbons (Fsp3) is 0.222. The van der Waals surface area contributed by atoms with E-state index < -0.39 is 17.5 Å². The van der Waals surface area contributed by atoms with Gasteiger partial charge in [0.15, 0.2) is 11.6 Å². The van der Waals surface area contributed by atoms with Crippen molar-refractivity contribution in [3.8, 4) is 0 Å². The van der Waals surface area contributed by atoms with Gasteiger partial charge >= 0.3 is 0 Å². The smallest absolute Gasteiger partial charge is 0.239 e. The Balaban J connectivity index is 2.01. The predicted molar refractivity (Wildman–Crippen MR) is 92.2 cm³/mol. The largest absolute Gasteiger partial charge is 0.374 e. The second-order valence-electron chi connectivity index (χ2n) is 5.55. The van der Waals surface area contributed by atoms with Crippen LogP contribution in [0.25, 0.3) is 0 Å². The van der Waals surface area contributed by atoms with Crippen LogP contribution in [0.15, 0.2) is 42.5 Å². The Hall–Kier alpha value is -2.96.